The predicted molar refractivity (Wildman–Crippen MR) is 205 cm³/mol. The Hall–Kier alpha value is -4.65. The Bertz CT molecular complexity index is 1740. The molecule has 1 saturated heterocycles. The molecular weight excluding hydrogens is 736 g/mol. The summed E-state index contributed by atoms with van der Waals surface area (Å²) in [6.07, 6.45) is 3.55. The maximum atomic E-state index is 14.4. The van der Waals surface area contributed by atoms with Gasteiger partial charge >= 0.3 is 17.9 Å². The smallest absolute Gasteiger partial charge is 0.317 e. The highest BCUT2D eigenvalue weighted by Gasteiger charge is 2.26. The minimum absolute atomic E-state index is 0.0111. The van der Waals surface area contributed by atoms with Gasteiger partial charge < -0.3 is 30.5 Å². The summed E-state index contributed by atoms with van der Waals surface area (Å²) in [5.41, 5.74) is 4.68. The Morgan fingerprint density at radius 1 is 0.709 bits per heavy atom. The average Bonchev–Trinajstić information content (AvgIpc) is 3.35. The summed E-state index contributed by atoms with van der Waals surface area (Å²) in [5.74, 6) is -4.19. The first kappa shape index (κ1) is 43.1. The first-order chi connectivity index (χ1) is 26.2. The van der Waals surface area contributed by atoms with Crippen LogP contribution in [0.2, 0.25) is 0 Å². The molecule has 15 nitrogen and oxygen atoms in total. The number of aliphatic carboxylic acids is 3. The van der Waals surface area contributed by atoms with E-state index in [1.54, 1.807) is 39.2 Å². The van der Waals surface area contributed by atoms with Crippen molar-refractivity contribution in [1.29, 1.82) is 0 Å². The Kier molecular flexibility index (Phi) is 16.3. The number of rotatable bonds is 15. The molecule has 1 aliphatic heterocycles. The number of hydrogen-bond acceptors (Lipinski definition) is 10. The van der Waals surface area contributed by atoms with E-state index in [0.717, 1.165) is 22.3 Å². The average molecular weight is 785 g/mol. The first-order valence-corrected chi connectivity index (χ1v) is 19.5. The molecule has 0 spiro atoms. The van der Waals surface area contributed by atoms with Crippen LogP contribution in [-0.2, 0) is 35.1 Å². The highest BCUT2D eigenvalue weighted by Crippen LogP contribution is 2.43. The molecule has 55 heavy (non-hydrogen) atoms. The highest BCUT2D eigenvalue weighted by molar-refractivity contribution is 7.90. The standard InChI is InChI=1S/C38H49FN6O9S/c1-26-31(19-27-3-6-29(7-4-27)55(2)54)30-8-5-28(39)20-33(30)32(26)21-34(46)40-9-10-41-35(47)22-42-11-13-43(23-36(48)49)15-17-45(25-38(52)53)18-16-44(14-12-42)24-37(50)51/h3-8,19-20H,9-18,21-25H2,1-2H3,(H,40,46)(H,41,47)(H,48,49)(H,50,51)(H,52,53)/b31-19-. The van der Waals surface area contributed by atoms with E-state index < -0.39 is 34.9 Å². The number of carbonyl (C=O) groups is 5. The van der Waals surface area contributed by atoms with Crippen LogP contribution in [0.15, 0.2) is 52.9 Å². The summed E-state index contributed by atoms with van der Waals surface area (Å²) < 4.78 is 26.2. The van der Waals surface area contributed by atoms with Gasteiger partial charge in [-0.05, 0) is 94.0 Å². The van der Waals surface area contributed by atoms with Crippen LogP contribution in [0.25, 0.3) is 17.2 Å². The van der Waals surface area contributed by atoms with Crippen molar-refractivity contribution in [3.05, 3.63) is 70.5 Å². The van der Waals surface area contributed by atoms with Gasteiger partial charge in [0.15, 0.2) is 4.90 Å². The van der Waals surface area contributed by atoms with Crippen molar-refractivity contribution >= 4 is 58.1 Å². The molecule has 1 aliphatic carbocycles. The van der Waals surface area contributed by atoms with E-state index in [2.05, 4.69) is 10.6 Å². The number of allylic oxidation sites excluding steroid dienone is 2. The largest absolute Gasteiger partial charge is 0.612 e. The van der Waals surface area contributed by atoms with Gasteiger partial charge in [0.05, 0.1) is 32.6 Å². The topological polar surface area (TPSA) is 206 Å². The SMILES string of the molecule is CC1=C(CC(=O)NCCNC(=O)CN2CCN(CC(=O)O)CCN(CC(=O)O)CCN(CC(=O)O)CC2)c2cc(F)ccc2/C1=C\c1ccc([S+](C)[O-])cc1. The zero-order chi connectivity index (χ0) is 40.1. The molecule has 1 atom stereocenters. The lowest BCUT2D eigenvalue weighted by Crippen LogP contribution is -2.50. The lowest BCUT2D eigenvalue weighted by molar-refractivity contribution is -0.140. The Morgan fingerprint density at radius 2 is 1.16 bits per heavy atom. The normalized spacial score (nSPS) is 17.9. The van der Waals surface area contributed by atoms with Gasteiger partial charge in [-0.1, -0.05) is 6.07 Å². The maximum Gasteiger partial charge on any atom is 0.317 e. The molecule has 0 bridgehead atoms. The van der Waals surface area contributed by atoms with Crippen molar-refractivity contribution in [3.8, 4) is 0 Å². The van der Waals surface area contributed by atoms with Crippen molar-refractivity contribution in [2.75, 3.05) is 97.9 Å². The molecule has 2 aliphatic rings. The summed E-state index contributed by atoms with van der Waals surface area (Å²) in [6.45, 7) is 3.52. The molecule has 2 amide bonds. The van der Waals surface area contributed by atoms with Gasteiger partial charge in [-0.25, -0.2) is 4.39 Å². The van der Waals surface area contributed by atoms with Crippen molar-refractivity contribution in [2.45, 2.75) is 18.2 Å². The lowest BCUT2D eigenvalue weighted by Gasteiger charge is -2.32. The molecule has 4 rings (SSSR count). The summed E-state index contributed by atoms with van der Waals surface area (Å²) in [6, 6.07) is 11.8. The van der Waals surface area contributed by atoms with Crippen LogP contribution in [0.1, 0.15) is 30.0 Å². The molecule has 1 heterocycles. The number of carbonyl (C=O) groups excluding carboxylic acids is 2. The number of carboxylic acids is 3. The van der Waals surface area contributed by atoms with Crippen LogP contribution in [-0.4, -0.2) is 167 Å². The maximum absolute atomic E-state index is 14.4. The second-order valence-corrected chi connectivity index (χ2v) is 14.9. The molecule has 2 aromatic rings. The monoisotopic (exact) mass is 784 g/mol. The molecule has 1 unspecified atom stereocenters. The number of benzene rings is 2. The van der Waals surface area contributed by atoms with Crippen LogP contribution < -0.4 is 10.6 Å². The van der Waals surface area contributed by atoms with Gasteiger partial charge in [0.2, 0.25) is 11.8 Å². The van der Waals surface area contributed by atoms with Crippen LogP contribution in [0, 0.1) is 5.82 Å². The van der Waals surface area contributed by atoms with Gasteiger partial charge in [0, 0.05) is 65.4 Å². The molecule has 0 saturated carbocycles. The Morgan fingerprint density at radius 3 is 1.62 bits per heavy atom. The molecule has 17 heteroatoms. The van der Waals surface area contributed by atoms with Crippen molar-refractivity contribution in [3.63, 3.8) is 0 Å². The molecule has 2 aromatic carbocycles. The second kappa shape index (κ2) is 20.9. The third-order valence-corrected chi connectivity index (χ3v) is 10.4. The van der Waals surface area contributed by atoms with Crippen molar-refractivity contribution < 1.29 is 48.2 Å². The molecule has 0 radical (unpaired) electrons. The fourth-order valence-electron chi connectivity index (χ4n) is 6.57. The van der Waals surface area contributed by atoms with Crippen molar-refractivity contribution in [1.82, 2.24) is 30.2 Å². The number of nitrogens with one attached hydrogen (secondary N) is 2. The van der Waals surface area contributed by atoms with Crippen LogP contribution >= 0.6 is 0 Å². The highest BCUT2D eigenvalue weighted by atomic mass is 32.2. The predicted octanol–water partition coefficient (Wildman–Crippen LogP) is 0.989. The molecule has 298 valence electrons. The molecular formula is C38H49FN6O9S. The van der Waals surface area contributed by atoms with E-state index in [9.17, 15) is 48.2 Å². The first-order valence-electron chi connectivity index (χ1n) is 17.9. The lowest BCUT2D eigenvalue weighted by atomic mass is 10.0. The number of halogens is 1. The quantitative estimate of drug-likeness (QED) is 0.126. The van der Waals surface area contributed by atoms with Gasteiger partial charge in [0.1, 0.15) is 12.1 Å². The van der Waals surface area contributed by atoms with E-state index in [1.807, 2.05) is 30.0 Å². The summed E-state index contributed by atoms with van der Waals surface area (Å²) in [4.78, 5) is 68.1. The van der Waals surface area contributed by atoms with E-state index in [1.165, 1.54) is 12.1 Å². The minimum atomic E-state index is -1.11. The van der Waals surface area contributed by atoms with E-state index >= 15 is 0 Å². The van der Waals surface area contributed by atoms with Crippen LogP contribution in [0.5, 0.6) is 0 Å². The number of amides is 2. The van der Waals surface area contributed by atoms with E-state index in [4.69, 9.17) is 0 Å². The fraction of sp³-hybridized carbons (Fsp3) is 0.447. The van der Waals surface area contributed by atoms with Crippen LogP contribution in [0.3, 0.4) is 0 Å². The van der Waals surface area contributed by atoms with E-state index in [-0.39, 0.29) is 96.8 Å². The summed E-state index contributed by atoms with van der Waals surface area (Å²) in [5, 5.41) is 33.8. The number of carboxylic acid groups (broad SMARTS) is 3. The molecule has 5 N–H and O–H groups in total. The second-order valence-electron chi connectivity index (χ2n) is 13.5. The van der Waals surface area contributed by atoms with Gasteiger partial charge in [-0.15, -0.1) is 0 Å². The van der Waals surface area contributed by atoms with Gasteiger partial charge in [0.25, 0.3) is 0 Å². The number of nitrogens with zero attached hydrogens (tertiary/aromatic N) is 4. The number of fused-ring (bicyclic) bond motifs is 1. The Balaban J connectivity index is 1.34. The third-order valence-electron chi connectivity index (χ3n) is 9.46. The zero-order valence-electron chi connectivity index (χ0n) is 31.1. The van der Waals surface area contributed by atoms with Gasteiger partial charge in [-0.2, -0.15) is 0 Å². The summed E-state index contributed by atoms with van der Waals surface area (Å²) >= 11 is -1.11. The number of hydrogen-bond donors (Lipinski definition) is 5. The Labute approximate surface area is 322 Å². The van der Waals surface area contributed by atoms with E-state index in [0.29, 0.717) is 29.1 Å². The van der Waals surface area contributed by atoms with Crippen LogP contribution in [0.4, 0.5) is 4.39 Å². The molecule has 0 aromatic heterocycles. The fourth-order valence-corrected chi connectivity index (χ4v) is 7.09. The molecule has 1 fully saturated rings. The minimum Gasteiger partial charge on any atom is -0.612 e. The third kappa shape index (κ3) is 13.9. The summed E-state index contributed by atoms with van der Waals surface area (Å²) in [7, 11) is 0. The van der Waals surface area contributed by atoms with Crippen molar-refractivity contribution in [2.24, 2.45) is 0 Å². The zero-order valence-corrected chi connectivity index (χ0v) is 31.9. The van der Waals surface area contributed by atoms with Gasteiger partial charge in [-0.3, -0.25) is 43.6 Å².